The second kappa shape index (κ2) is 6.31. The Bertz CT molecular complexity index is 540. The van der Waals surface area contributed by atoms with Crippen LogP contribution in [0.25, 0.3) is 0 Å². The third-order valence-corrected chi connectivity index (χ3v) is 5.16. The van der Waals surface area contributed by atoms with Crippen molar-refractivity contribution in [1.29, 1.82) is 0 Å². The summed E-state index contributed by atoms with van der Waals surface area (Å²) in [5.74, 6) is 2.80. The molecular weight excluding hydrogens is 274 g/mol. The Balaban J connectivity index is 1.61. The first-order valence-electron chi connectivity index (χ1n) is 8.60. The van der Waals surface area contributed by atoms with Gasteiger partial charge in [-0.15, -0.1) is 0 Å². The highest BCUT2D eigenvalue weighted by atomic mass is 16.5. The highest BCUT2D eigenvalue weighted by molar-refractivity contribution is 5.80. The molecule has 0 heterocycles. The van der Waals surface area contributed by atoms with Crippen LogP contribution >= 0.6 is 0 Å². The van der Waals surface area contributed by atoms with Gasteiger partial charge in [-0.3, -0.25) is 4.79 Å². The van der Waals surface area contributed by atoms with Gasteiger partial charge >= 0.3 is 0 Å². The zero-order valence-corrected chi connectivity index (χ0v) is 13.8. The fourth-order valence-corrected chi connectivity index (χ4v) is 4.10. The fraction of sp³-hybridized carbons (Fsp3) is 0.632. The van der Waals surface area contributed by atoms with Crippen LogP contribution in [0.4, 0.5) is 0 Å². The summed E-state index contributed by atoms with van der Waals surface area (Å²) in [7, 11) is 0. The summed E-state index contributed by atoms with van der Waals surface area (Å²) in [5, 5.41) is 3.21. The van der Waals surface area contributed by atoms with Crippen LogP contribution in [0.1, 0.15) is 58.1 Å². The monoisotopic (exact) mass is 301 g/mol. The number of hydrogen-bond acceptors (Lipinski definition) is 2. The van der Waals surface area contributed by atoms with Crippen LogP contribution in [-0.2, 0) is 4.79 Å². The van der Waals surface area contributed by atoms with E-state index in [9.17, 15) is 4.79 Å². The molecule has 2 aliphatic carbocycles. The van der Waals surface area contributed by atoms with Gasteiger partial charge in [0, 0.05) is 5.92 Å². The number of benzene rings is 1. The number of ether oxygens (including phenoxy) is 1. The zero-order chi connectivity index (χ0) is 15.7. The maximum atomic E-state index is 12.5. The standard InChI is InChI=1S/C19H27NO2/c1-12(2)22-17-6-4-5-15(11-17)13(3)20-19(21)18-10-14-7-8-16(18)9-14/h4-6,11-14,16,18H,7-10H2,1-3H3,(H,20,21)/t13-,14-,16-,18-/m0/s1. The Kier molecular flexibility index (Phi) is 4.42. The fourth-order valence-electron chi connectivity index (χ4n) is 4.10. The Hall–Kier alpha value is -1.51. The second-order valence-electron chi connectivity index (χ2n) is 7.25. The molecule has 1 amide bonds. The van der Waals surface area contributed by atoms with Gasteiger partial charge in [0.25, 0.3) is 0 Å². The lowest BCUT2D eigenvalue weighted by Crippen LogP contribution is -2.35. The molecule has 1 N–H and O–H groups in total. The van der Waals surface area contributed by atoms with Crippen molar-refractivity contribution in [3.05, 3.63) is 29.8 Å². The topological polar surface area (TPSA) is 38.3 Å². The van der Waals surface area contributed by atoms with E-state index in [-0.39, 0.29) is 24.0 Å². The Morgan fingerprint density at radius 2 is 2.05 bits per heavy atom. The van der Waals surface area contributed by atoms with Gasteiger partial charge in [-0.05, 0) is 69.6 Å². The number of hydrogen-bond donors (Lipinski definition) is 1. The van der Waals surface area contributed by atoms with Gasteiger partial charge in [-0.2, -0.15) is 0 Å². The summed E-state index contributed by atoms with van der Waals surface area (Å²) >= 11 is 0. The van der Waals surface area contributed by atoms with Gasteiger partial charge in [0.05, 0.1) is 12.1 Å². The molecule has 2 aliphatic rings. The van der Waals surface area contributed by atoms with E-state index in [1.807, 2.05) is 32.0 Å². The SMILES string of the molecule is CC(C)Oc1cccc([C@H](C)NC(=O)[C@H]2C[C@H]3CC[C@H]2C3)c1. The lowest BCUT2D eigenvalue weighted by molar-refractivity contribution is -0.127. The van der Waals surface area contributed by atoms with Gasteiger partial charge in [0.1, 0.15) is 5.75 Å². The molecule has 2 fully saturated rings. The van der Waals surface area contributed by atoms with E-state index >= 15 is 0 Å². The van der Waals surface area contributed by atoms with Crippen molar-refractivity contribution in [3.8, 4) is 5.75 Å². The minimum Gasteiger partial charge on any atom is -0.491 e. The quantitative estimate of drug-likeness (QED) is 0.889. The predicted molar refractivity (Wildman–Crippen MR) is 87.7 cm³/mol. The van der Waals surface area contributed by atoms with Crippen molar-refractivity contribution < 1.29 is 9.53 Å². The summed E-state index contributed by atoms with van der Waals surface area (Å²) in [6.07, 6.45) is 5.10. The van der Waals surface area contributed by atoms with Crippen LogP contribution in [-0.4, -0.2) is 12.0 Å². The summed E-state index contributed by atoms with van der Waals surface area (Å²) in [5.41, 5.74) is 1.11. The lowest BCUT2D eigenvalue weighted by atomic mass is 9.88. The van der Waals surface area contributed by atoms with E-state index in [1.54, 1.807) is 0 Å². The normalized spacial score (nSPS) is 27.9. The number of nitrogens with one attached hydrogen (secondary N) is 1. The Labute approximate surface area is 133 Å². The Morgan fingerprint density at radius 3 is 2.68 bits per heavy atom. The minimum atomic E-state index is 0.0299. The van der Waals surface area contributed by atoms with Gasteiger partial charge in [0.15, 0.2) is 0 Å². The zero-order valence-electron chi connectivity index (χ0n) is 13.8. The number of rotatable bonds is 5. The number of carbonyl (C=O) groups is 1. The van der Waals surface area contributed by atoms with Crippen LogP contribution < -0.4 is 10.1 Å². The van der Waals surface area contributed by atoms with E-state index in [0.29, 0.717) is 5.92 Å². The molecule has 2 bridgehead atoms. The molecule has 3 nitrogen and oxygen atoms in total. The maximum absolute atomic E-state index is 12.5. The minimum absolute atomic E-state index is 0.0299. The molecule has 0 aliphatic heterocycles. The molecule has 4 atom stereocenters. The van der Waals surface area contributed by atoms with E-state index < -0.39 is 0 Å². The van der Waals surface area contributed by atoms with E-state index in [4.69, 9.17) is 4.74 Å². The highest BCUT2D eigenvalue weighted by Gasteiger charge is 2.43. The molecule has 22 heavy (non-hydrogen) atoms. The van der Waals surface area contributed by atoms with Crippen molar-refractivity contribution in [2.75, 3.05) is 0 Å². The average molecular weight is 301 g/mol. The van der Waals surface area contributed by atoms with E-state index in [1.165, 1.54) is 19.3 Å². The Morgan fingerprint density at radius 1 is 1.23 bits per heavy atom. The molecule has 120 valence electrons. The first-order chi connectivity index (χ1) is 10.5. The number of amides is 1. The van der Waals surface area contributed by atoms with Crippen LogP contribution in [0, 0.1) is 17.8 Å². The molecule has 3 heteroatoms. The van der Waals surface area contributed by atoms with Crippen molar-refractivity contribution >= 4 is 5.91 Å². The highest BCUT2D eigenvalue weighted by Crippen LogP contribution is 2.48. The van der Waals surface area contributed by atoms with Gasteiger partial charge in [-0.1, -0.05) is 18.6 Å². The molecule has 3 rings (SSSR count). The summed E-state index contributed by atoms with van der Waals surface area (Å²) in [6.45, 7) is 6.10. The molecular formula is C19H27NO2. The summed E-state index contributed by atoms with van der Waals surface area (Å²) < 4.78 is 5.74. The van der Waals surface area contributed by atoms with E-state index in [0.717, 1.165) is 23.7 Å². The molecule has 2 saturated carbocycles. The number of fused-ring (bicyclic) bond motifs is 2. The number of carbonyl (C=O) groups excluding carboxylic acids is 1. The molecule has 0 spiro atoms. The molecule has 0 saturated heterocycles. The van der Waals surface area contributed by atoms with Crippen molar-refractivity contribution in [2.45, 2.75) is 58.6 Å². The largest absolute Gasteiger partial charge is 0.491 e. The van der Waals surface area contributed by atoms with Crippen molar-refractivity contribution in [3.63, 3.8) is 0 Å². The van der Waals surface area contributed by atoms with Crippen LogP contribution in [0.15, 0.2) is 24.3 Å². The summed E-state index contributed by atoms with van der Waals surface area (Å²) in [6, 6.07) is 8.08. The van der Waals surface area contributed by atoms with Gasteiger partial charge in [0.2, 0.25) is 5.91 Å². The third-order valence-electron chi connectivity index (χ3n) is 5.16. The average Bonchev–Trinajstić information content (AvgIpc) is 3.09. The summed E-state index contributed by atoms with van der Waals surface area (Å²) in [4.78, 5) is 12.5. The predicted octanol–water partition coefficient (Wildman–Crippen LogP) is 4.09. The molecule has 0 aromatic heterocycles. The van der Waals surface area contributed by atoms with Crippen LogP contribution in [0.3, 0.4) is 0 Å². The maximum Gasteiger partial charge on any atom is 0.223 e. The van der Waals surface area contributed by atoms with E-state index in [2.05, 4.69) is 18.3 Å². The smallest absolute Gasteiger partial charge is 0.223 e. The molecule has 0 radical (unpaired) electrons. The first-order valence-corrected chi connectivity index (χ1v) is 8.60. The van der Waals surface area contributed by atoms with Crippen molar-refractivity contribution in [2.24, 2.45) is 17.8 Å². The van der Waals surface area contributed by atoms with Crippen LogP contribution in [0.2, 0.25) is 0 Å². The van der Waals surface area contributed by atoms with Crippen molar-refractivity contribution in [1.82, 2.24) is 5.32 Å². The van der Waals surface area contributed by atoms with Gasteiger partial charge in [-0.25, -0.2) is 0 Å². The lowest BCUT2D eigenvalue weighted by Gasteiger charge is -2.23. The van der Waals surface area contributed by atoms with Crippen LogP contribution in [0.5, 0.6) is 5.75 Å². The first kappa shape index (κ1) is 15.4. The molecule has 0 unspecified atom stereocenters. The molecule has 1 aromatic rings. The third kappa shape index (κ3) is 3.29. The van der Waals surface area contributed by atoms with Gasteiger partial charge < -0.3 is 10.1 Å². The second-order valence-corrected chi connectivity index (χ2v) is 7.25. The molecule has 1 aromatic carbocycles.